The van der Waals surface area contributed by atoms with Crippen LogP contribution in [0.3, 0.4) is 0 Å². The van der Waals surface area contributed by atoms with E-state index in [-0.39, 0.29) is 13.2 Å². The summed E-state index contributed by atoms with van der Waals surface area (Å²) in [7, 11) is 0. The number of ether oxygens (including phenoxy) is 1. The Balaban J connectivity index is 1.55. The fourth-order valence-corrected chi connectivity index (χ4v) is 2.69. The largest absolute Gasteiger partial charge is 0.445 e. The van der Waals surface area contributed by atoms with Gasteiger partial charge in [-0.1, -0.05) is 48.5 Å². The number of aliphatic hydroxyl groups excluding tert-OH is 2. The first-order chi connectivity index (χ1) is 12.6. The van der Waals surface area contributed by atoms with Crippen molar-refractivity contribution >= 4 is 16.9 Å². The molecule has 0 spiro atoms. The Morgan fingerprint density at radius 3 is 2.69 bits per heavy atom. The molecule has 6 nitrogen and oxygen atoms in total. The average Bonchev–Trinajstić information content (AvgIpc) is 2.70. The molecule has 2 unspecified atom stereocenters. The first kappa shape index (κ1) is 17.8. The van der Waals surface area contributed by atoms with Gasteiger partial charge >= 0.3 is 6.09 Å². The van der Waals surface area contributed by atoms with Crippen LogP contribution in [0, 0.1) is 0 Å². The molecule has 1 amide bonds. The summed E-state index contributed by atoms with van der Waals surface area (Å²) in [4.78, 5) is 15.8. The summed E-state index contributed by atoms with van der Waals surface area (Å²) in [6.45, 7) is 0.0118. The zero-order chi connectivity index (χ0) is 18.4. The Kier molecular flexibility index (Phi) is 5.78. The van der Waals surface area contributed by atoms with E-state index in [1.54, 1.807) is 30.6 Å². The molecule has 3 N–H and O–H groups in total. The van der Waals surface area contributed by atoms with E-state index in [1.807, 2.05) is 36.4 Å². The molecule has 2 atom stereocenters. The number of nitrogens with zero attached hydrogens (tertiary/aromatic N) is 1. The Bertz CT molecular complexity index is 865. The van der Waals surface area contributed by atoms with Crippen molar-refractivity contribution < 1.29 is 19.7 Å². The highest BCUT2D eigenvalue weighted by molar-refractivity contribution is 5.85. The summed E-state index contributed by atoms with van der Waals surface area (Å²) in [6.07, 6.45) is 0.358. The van der Waals surface area contributed by atoms with E-state index in [2.05, 4.69) is 10.3 Å². The highest BCUT2D eigenvalue weighted by Crippen LogP contribution is 2.25. The average molecular weight is 352 g/mol. The predicted molar refractivity (Wildman–Crippen MR) is 97.3 cm³/mol. The minimum Gasteiger partial charge on any atom is -0.445 e. The first-order valence-electron chi connectivity index (χ1n) is 8.28. The number of nitrogens with one attached hydrogen (secondary N) is 1. The number of rotatable bonds is 6. The van der Waals surface area contributed by atoms with Crippen molar-refractivity contribution in [1.82, 2.24) is 10.3 Å². The van der Waals surface area contributed by atoms with Crippen molar-refractivity contribution in [2.75, 3.05) is 6.54 Å². The fourth-order valence-electron chi connectivity index (χ4n) is 2.69. The summed E-state index contributed by atoms with van der Waals surface area (Å²) < 4.78 is 5.08. The summed E-state index contributed by atoms with van der Waals surface area (Å²) in [6, 6.07) is 16.5. The molecular weight excluding hydrogens is 332 g/mol. The standard InChI is InChI=1S/C20H20N2O4/c23-18(12-22-20(25)26-13-14-5-2-1-3-6-14)19(24)17-8-4-7-15-11-21-10-9-16(15)17/h1-11,18-19,23-24H,12-13H2,(H,22,25). The van der Waals surface area contributed by atoms with Crippen molar-refractivity contribution in [3.05, 3.63) is 78.1 Å². The van der Waals surface area contributed by atoms with Crippen LogP contribution in [0.1, 0.15) is 17.2 Å². The Labute approximate surface area is 151 Å². The molecule has 3 aromatic rings. The molecule has 1 aromatic heterocycles. The lowest BCUT2D eigenvalue weighted by Gasteiger charge is -2.20. The molecule has 0 aliphatic rings. The number of amides is 1. The molecule has 0 saturated heterocycles. The molecule has 0 saturated carbocycles. The number of alkyl carbamates (subject to hydrolysis) is 1. The number of benzene rings is 2. The lowest BCUT2D eigenvalue weighted by atomic mass is 9.98. The highest BCUT2D eigenvalue weighted by atomic mass is 16.5. The van der Waals surface area contributed by atoms with Gasteiger partial charge in [0.15, 0.2) is 0 Å². The molecule has 2 aromatic carbocycles. The van der Waals surface area contributed by atoms with Gasteiger partial charge in [-0.3, -0.25) is 4.98 Å². The van der Waals surface area contributed by atoms with Crippen LogP contribution in [0.25, 0.3) is 10.8 Å². The van der Waals surface area contributed by atoms with Gasteiger partial charge in [0.1, 0.15) is 18.8 Å². The Morgan fingerprint density at radius 2 is 1.88 bits per heavy atom. The SMILES string of the molecule is O=C(NCC(O)C(O)c1cccc2cnccc12)OCc1ccccc1. The number of hydrogen-bond donors (Lipinski definition) is 3. The minimum atomic E-state index is -1.17. The van der Waals surface area contributed by atoms with E-state index in [0.29, 0.717) is 5.56 Å². The summed E-state index contributed by atoms with van der Waals surface area (Å²) in [5, 5.41) is 24.8. The van der Waals surface area contributed by atoms with Crippen LogP contribution in [0.15, 0.2) is 67.0 Å². The second-order valence-electron chi connectivity index (χ2n) is 5.90. The highest BCUT2D eigenvalue weighted by Gasteiger charge is 2.21. The number of pyridine rings is 1. The lowest BCUT2D eigenvalue weighted by Crippen LogP contribution is -2.35. The van der Waals surface area contributed by atoms with Crippen molar-refractivity contribution in [3.8, 4) is 0 Å². The van der Waals surface area contributed by atoms with Gasteiger partial charge < -0.3 is 20.3 Å². The molecular formula is C20H20N2O4. The van der Waals surface area contributed by atoms with Gasteiger partial charge in [0, 0.05) is 24.3 Å². The number of fused-ring (bicyclic) bond motifs is 1. The van der Waals surface area contributed by atoms with E-state index in [4.69, 9.17) is 4.74 Å². The maximum absolute atomic E-state index is 11.8. The molecule has 3 rings (SSSR count). The number of carbonyl (C=O) groups is 1. The predicted octanol–water partition coefficient (Wildman–Crippen LogP) is 2.56. The van der Waals surface area contributed by atoms with E-state index in [0.717, 1.165) is 16.3 Å². The number of aromatic nitrogens is 1. The zero-order valence-electron chi connectivity index (χ0n) is 14.1. The molecule has 0 aliphatic heterocycles. The van der Waals surface area contributed by atoms with Crippen molar-refractivity contribution in [3.63, 3.8) is 0 Å². The maximum atomic E-state index is 11.8. The minimum absolute atomic E-state index is 0.129. The molecule has 134 valence electrons. The van der Waals surface area contributed by atoms with Crippen molar-refractivity contribution in [2.24, 2.45) is 0 Å². The molecule has 26 heavy (non-hydrogen) atoms. The van der Waals surface area contributed by atoms with Gasteiger partial charge in [0.2, 0.25) is 0 Å². The van der Waals surface area contributed by atoms with Crippen LogP contribution in [0.4, 0.5) is 4.79 Å². The number of hydrogen-bond acceptors (Lipinski definition) is 5. The Morgan fingerprint density at radius 1 is 1.08 bits per heavy atom. The van der Waals surface area contributed by atoms with E-state index in [1.165, 1.54) is 0 Å². The molecule has 0 bridgehead atoms. The molecule has 0 fully saturated rings. The first-order valence-corrected chi connectivity index (χ1v) is 8.28. The fraction of sp³-hybridized carbons (Fsp3) is 0.200. The Hall–Kier alpha value is -2.96. The molecule has 0 aliphatic carbocycles. The summed E-state index contributed by atoms with van der Waals surface area (Å²) >= 11 is 0. The van der Waals surface area contributed by atoms with Gasteiger partial charge in [-0.25, -0.2) is 4.79 Å². The van der Waals surface area contributed by atoms with E-state index < -0.39 is 18.3 Å². The monoisotopic (exact) mass is 352 g/mol. The number of aliphatic hydroxyl groups is 2. The second kappa shape index (κ2) is 8.42. The van der Waals surface area contributed by atoms with Crippen LogP contribution in [0.5, 0.6) is 0 Å². The zero-order valence-corrected chi connectivity index (χ0v) is 14.1. The van der Waals surface area contributed by atoms with E-state index >= 15 is 0 Å². The van der Waals surface area contributed by atoms with Gasteiger partial charge in [-0.2, -0.15) is 0 Å². The van der Waals surface area contributed by atoms with E-state index in [9.17, 15) is 15.0 Å². The van der Waals surface area contributed by atoms with Crippen LogP contribution in [-0.4, -0.2) is 33.9 Å². The van der Waals surface area contributed by atoms with Gasteiger partial charge in [-0.05, 0) is 22.6 Å². The smallest absolute Gasteiger partial charge is 0.407 e. The van der Waals surface area contributed by atoms with Crippen LogP contribution >= 0.6 is 0 Å². The van der Waals surface area contributed by atoms with Crippen molar-refractivity contribution in [2.45, 2.75) is 18.8 Å². The lowest BCUT2D eigenvalue weighted by molar-refractivity contribution is 0.0192. The summed E-state index contributed by atoms with van der Waals surface area (Å²) in [5.41, 5.74) is 1.45. The molecule has 6 heteroatoms. The third kappa shape index (κ3) is 4.36. The van der Waals surface area contributed by atoms with Gasteiger partial charge in [0.25, 0.3) is 0 Å². The second-order valence-corrected chi connectivity index (χ2v) is 5.90. The third-order valence-electron chi connectivity index (χ3n) is 4.07. The quantitative estimate of drug-likeness (QED) is 0.634. The van der Waals surface area contributed by atoms with Crippen LogP contribution < -0.4 is 5.32 Å². The molecule has 0 radical (unpaired) electrons. The van der Waals surface area contributed by atoms with Crippen molar-refractivity contribution in [1.29, 1.82) is 0 Å². The van der Waals surface area contributed by atoms with Gasteiger partial charge in [0.05, 0.1) is 0 Å². The van der Waals surface area contributed by atoms with Gasteiger partial charge in [-0.15, -0.1) is 0 Å². The molecule has 1 heterocycles. The van der Waals surface area contributed by atoms with Crippen LogP contribution in [0.2, 0.25) is 0 Å². The topological polar surface area (TPSA) is 91.7 Å². The maximum Gasteiger partial charge on any atom is 0.407 e. The normalized spacial score (nSPS) is 13.2. The number of carbonyl (C=O) groups excluding carboxylic acids is 1. The summed E-state index contributed by atoms with van der Waals surface area (Å²) in [5.74, 6) is 0. The van der Waals surface area contributed by atoms with Crippen LogP contribution in [-0.2, 0) is 11.3 Å². The third-order valence-corrected chi connectivity index (χ3v) is 4.07.